The lowest BCUT2D eigenvalue weighted by atomic mass is 10.00. The number of benzene rings is 1. The van der Waals surface area contributed by atoms with Crippen LogP contribution in [0.4, 0.5) is 0 Å². The molecule has 0 bridgehead atoms. The summed E-state index contributed by atoms with van der Waals surface area (Å²) < 4.78 is 2.11. The third-order valence-electron chi connectivity index (χ3n) is 5.15. The van der Waals surface area contributed by atoms with Gasteiger partial charge in [-0.1, -0.05) is 29.8 Å². The molecule has 26 heavy (non-hydrogen) atoms. The molecule has 0 spiro atoms. The molecule has 2 amide bonds. The number of nitrogens with zero attached hydrogens (tertiary/aromatic N) is 2. The molecular weight excluding hydrogens is 350 g/mol. The summed E-state index contributed by atoms with van der Waals surface area (Å²) in [5, 5.41) is 0.595. The number of amides is 2. The molecule has 1 aliphatic heterocycles. The molecule has 5 nitrogen and oxygen atoms in total. The summed E-state index contributed by atoms with van der Waals surface area (Å²) in [6, 6.07) is 7.48. The molecule has 0 atom stereocenters. The zero-order chi connectivity index (χ0) is 18.8. The summed E-state index contributed by atoms with van der Waals surface area (Å²) >= 11 is 6.37. The third-order valence-corrected chi connectivity index (χ3v) is 5.48. The molecule has 0 saturated carbocycles. The Kier molecular flexibility index (Phi) is 5.37. The van der Waals surface area contributed by atoms with Crippen molar-refractivity contribution >= 4 is 23.4 Å². The van der Waals surface area contributed by atoms with Crippen LogP contribution >= 0.6 is 11.6 Å². The van der Waals surface area contributed by atoms with Crippen LogP contribution in [0, 0.1) is 13.8 Å². The summed E-state index contributed by atoms with van der Waals surface area (Å²) in [7, 11) is 0. The molecular formula is C20H24ClN3O2. The van der Waals surface area contributed by atoms with Crippen molar-refractivity contribution < 1.29 is 9.59 Å². The maximum atomic E-state index is 12.1. The zero-order valence-electron chi connectivity index (χ0n) is 15.2. The van der Waals surface area contributed by atoms with Crippen molar-refractivity contribution in [2.45, 2.75) is 39.7 Å². The van der Waals surface area contributed by atoms with E-state index >= 15 is 0 Å². The second kappa shape index (κ2) is 7.54. The zero-order valence-corrected chi connectivity index (χ0v) is 16.0. The van der Waals surface area contributed by atoms with Gasteiger partial charge in [0.25, 0.3) is 5.91 Å². The number of carbonyl (C=O) groups excluding carboxylic acids is 2. The van der Waals surface area contributed by atoms with Gasteiger partial charge >= 0.3 is 0 Å². The molecule has 1 saturated heterocycles. The molecule has 1 aliphatic rings. The van der Waals surface area contributed by atoms with Gasteiger partial charge in [0, 0.05) is 53.6 Å². The van der Waals surface area contributed by atoms with Crippen LogP contribution in [0.5, 0.6) is 0 Å². The Balaban J connectivity index is 1.91. The Morgan fingerprint density at radius 2 is 1.92 bits per heavy atom. The smallest absolute Gasteiger partial charge is 0.251 e. The predicted octanol–water partition coefficient (Wildman–Crippen LogP) is 3.54. The number of hydrogen-bond acceptors (Lipinski definition) is 2. The van der Waals surface area contributed by atoms with Gasteiger partial charge < -0.3 is 15.2 Å². The average molecular weight is 374 g/mol. The number of aromatic nitrogens is 1. The van der Waals surface area contributed by atoms with Gasteiger partial charge in [-0.15, -0.1) is 0 Å². The van der Waals surface area contributed by atoms with E-state index in [9.17, 15) is 9.59 Å². The van der Waals surface area contributed by atoms with Crippen molar-refractivity contribution in [3.63, 3.8) is 0 Å². The number of halogens is 1. The number of carbonyl (C=O) groups is 2. The Hall–Kier alpha value is -2.27. The fourth-order valence-corrected chi connectivity index (χ4v) is 4.10. The molecule has 0 radical (unpaired) electrons. The molecule has 138 valence electrons. The molecule has 3 rings (SSSR count). The van der Waals surface area contributed by atoms with Crippen molar-refractivity contribution in [2.75, 3.05) is 13.1 Å². The van der Waals surface area contributed by atoms with Crippen molar-refractivity contribution in [3.05, 3.63) is 46.2 Å². The molecule has 2 heterocycles. The summed E-state index contributed by atoms with van der Waals surface area (Å²) in [6.07, 6.45) is 2.44. The molecule has 1 aromatic carbocycles. The average Bonchev–Trinajstić information content (AvgIpc) is 3.11. The van der Waals surface area contributed by atoms with Crippen LogP contribution in [0.2, 0.25) is 5.02 Å². The van der Waals surface area contributed by atoms with E-state index in [0.29, 0.717) is 17.0 Å². The lowest BCUT2D eigenvalue weighted by Gasteiger charge is -2.16. The SMILES string of the molecule is Cc1c(C(N)=O)c(-c2ccccc2Cl)c(C)n1CCCN1CCCC1=O. The number of primary amides is 1. The number of hydrogen-bond donors (Lipinski definition) is 1. The highest BCUT2D eigenvalue weighted by molar-refractivity contribution is 6.33. The number of nitrogens with two attached hydrogens (primary N) is 1. The van der Waals surface area contributed by atoms with E-state index in [0.717, 1.165) is 55.0 Å². The Morgan fingerprint density at radius 3 is 2.54 bits per heavy atom. The van der Waals surface area contributed by atoms with Crippen LogP contribution in [0.3, 0.4) is 0 Å². The van der Waals surface area contributed by atoms with Crippen molar-refractivity contribution in [2.24, 2.45) is 5.73 Å². The summed E-state index contributed by atoms with van der Waals surface area (Å²) in [4.78, 5) is 25.8. The van der Waals surface area contributed by atoms with Crippen molar-refractivity contribution in [1.29, 1.82) is 0 Å². The van der Waals surface area contributed by atoms with Gasteiger partial charge in [-0.2, -0.15) is 0 Å². The first-order valence-electron chi connectivity index (χ1n) is 8.94. The standard InChI is InChI=1S/C20H24ClN3O2/c1-13-18(15-7-3-4-8-16(15)21)19(20(22)26)14(2)24(13)12-6-11-23-10-5-9-17(23)25/h3-4,7-8H,5-6,9-12H2,1-2H3,(H2,22,26). The Morgan fingerprint density at radius 1 is 1.19 bits per heavy atom. The molecule has 6 heteroatoms. The van der Waals surface area contributed by atoms with Crippen LogP contribution in [-0.2, 0) is 11.3 Å². The molecule has 2 aromatic rings. The molecule has 1 aromatic heterocycles. The largest absolute Gasteiger partial charge is 0.366 e. The Labute approximate surface area is 158 Å². The minimum Gasteiger partial charge on any atom is -0.366 e. The fraction of sp³-hybridized carbons (Fsp3) is 0.400. The second-order valence-corrected chi connectivity index (χ2v) is 7.16. The summed E-state index contributed by atoms with van der Waals surface area (Å²) in [6.45, 7) is 6.21. The van der Waals surface area contributed by atoms with Gasteiger partial charge in [0.15, 0.2) is 0 Å². The number of likely N-dealkylation sites (tertiary alicyclic amines) is 1. The quantitative estimate of drug-likeness (QED) is 0.841. The van der Waals surface area contributed by atoms with E-state index in [-0.39, 0.29) is 5.91 Å². The fourth-order valence-electron chi connectivity index (χ4n) is 3.87. The van der Waals surface area contributed by atoms with Crippen LogP contribution in [-0.4, -0.2) is 34.4 Å². The first-order chi connectivity index (χ1) is 12.4. The third kappa shape index (κ3) is 3.36. The van der Waals surface area contributed by atoms with Gasteiger partial charge in [0.1, 0.15) is 0 Å². The Bertz CT molecular complexity index is 857. The first kappa shape index (κ1) is 18.5. The van der Waals surface area contributed by atoms with Gasteiger partial charge in [-0.05, 0) is 32.8 Å². The molecule has 1 fully saturated rings. The molecule has 0 aliphatic carbocycles. The van der Waals surface area contributed by atoms with Crippen LogP contribution in [0.1, 0.15) is 41.0 Å². The monoisotopic (exact) mass is 373 g/mol. The van der Waals surface area contributed by atoms with Crippen LogP contribution < -0.4 is 5.73 Å². The van der Waals surface area contributed by atoms with E-state index in [1.165, 1.54) is 0 Å². The van der Waals surface area contributed by atoms with Crippen LogP contribution in [0.15, 0.2) is 24.3 Å². The lowest BCUT2D eigenvalue weighted by molar-refractivity contribution is -0.127. The molecule has 2 N–H and O–H groups in total. The summed E-state index contributed by atoms with van der Waals surface area (Å²) in [5.74, 6) is -0.213. The highest BCUT2D eigenvalue weighted by Crippen LogP contribution is 2.36. The summed E-state index contributed by atoms with van der Waals surface area (Å²) in [5.41, 5.74) is 9.64. The first-order valence-corrected chi connectivity index (χ1v) is 9.31. The van der Waals surface area contributed by atoms with Gasteiger partial charge in [-0.25, -0.2) is 0 Å². The highest BCUT2D eigenvalue weighted by Gasteiger charge is 2.24. The molecule has 0 unspecified atom stereocenters. The maximum absolute atomic E-state index is 12.1. The van der Waals surface area contributed by atoms with E-state index in [1.54, 1.807) is 0 Å². The van der Waals surface area contributed by atoms with E-state index in [2.05, 4.69) is 4.57 Å². The van der Waals surface area contributed by atoms with E-state index in [1.807, 2.05) is 43.0 Å². The van der Waals surface area contributed by atoms with Gasteiger partial charge in [0.05, 0.1) is 5.56 Å². The topological polar surface area (TPSA) is 68.3 Å². The van der Waals surface area contributed by atoms with Crippen molar-refractivity contribution in [1.82, 2.24) is 9.47 Å². The normalized spacial score (nSPS) is 14.3. The highest BCUT2D eigenvalue weighted by atomic mass is 35.5. The van der Waals surface area contributed by atoms with Crippen LogP contribution in [0.25, 0.3) is 11.1 Å². The van der Waals surface area contributed by atoms with Crippen molar-refractivity contribution in [3.8, 4) is 11.1 Å². The minimum atomic E-state index is -0.450. The van der Waals surface area contributed by atoms with E-state index < -0.39 is 5.91 Å². The van der Waals surface area contributed by atoms with E-state index in [4.69, 9.17) is 17.3 Å². The maximum Gasteiger partial charge on any atom is 0.251 e. The number of rotatable bonds is 6. The predicted molar refractivity (Wildman–Crippen MR) is 103 cm³/mol. The van der Waals surface area contributed by atoms with Gasteiger partial charge in [-0.3, -0.25) is 9.59 Å². The van der Waals surface area contributed by atoms with Gasteiger partial charge in [0.2, 0.25) is 5.91 Å². The lowest BCUT2D eigenvalue weighted by Crippen LogP contribution is -2.26. The minimum absolute atomic E-state index is 0.237. The second-order valence-electron chi connectivity index (χ2n) is 6.75.